The van der Waals surface area contributed by atoms with Gasteiger partial charge in [0.25, 0.3) is 0 Å². The van der Waals surface area contributed by atoms with Crippen molar-refractivity contribution in [3.05, 3.63) is 35.9 Å². The number of hydrogen-bond donors (Lipinski definition) is 1. The van der Waals surface area contributed by atoms with Crippen LogP contribution in [0.2, 0.25) is 0 Å². The molecule has 7 nitrogen and oxygen atoms in total. The average molecular weight is 380 g/mol. The fourth-order valence-electron chi connectivity index (χ4n) is 2.55. The minimum atomic E-state index is -0.769. The van der Waals surface area contributed by atoms with Crippen LogP contribution in [0.1, 0.15) is 45.6 Å². The minimum Gasteiger partial charge on any atom is -0.458 e. The van der Waals surface area contributed by atoms with Crippen LogP contribution >= 0.6 is 0 Å². The van der Waals surface area contributed by atoms with Crippen LogP contribution in [-0.2, 0) is 20.9 Å². The Bertz CT molecular complexity index is 585. The zero-order valence-corrected chi connectivity index (χ0v) is 17.1. The van der Waals surface area contributed by atoms with E-state index < -0.39 is 23.7 Å². The highest BCUT2D eigenvalue weighted by Crippen LogP contribution is 2.18. The predicted octanol–water partition coefficient (Wildman–Crippen LogP) is 2.94. The van der Waals surface area contributed by atoms with Gasteiger partial charge in [-0.1, -0.05) is 30.3 Å². The number of hydrazine groups is 1. The van der Waals surface area contributed by atoms with Gasteiger partial charge in [0.05, 0.1) is 0 Å². The number of carbonyl (C=O) groups is 2. The number of benzene rings is 1. The molecule has 1 aromatic rings. The van der Waals surface area contributed by atoms with Crippen molar-refractivity contribution in [1.82, 2.24) is 10.0 Å². The maximum atomic E-state index is 12.7. The maximum absolute atomic E-state index is 12.7. The fourth-order valence-corrected chi connectivity index (χ4v) is 2.55. The number of esters is 1. The van der Waals surface area contributed by atoms with Crippen LogP contribution in [0.15, 0.2) is 30.3 Å². The van der Waals surface area contributed by atoms with Crippen LogP contribution < -0.4 is 5.73 Å². The summed E-state index contributed by atoms with van der Waals surface area (Å²) in [5.74, 6) is -0.454. The van der Waals surface area contributed by atoms with E-state index in [9.17, 15) is 9.59 Å². The van der Waals surface area contributed by atoms with Gasteiger partial charge < -0.3 is 15.2 Å². The second-order valence-corrected chi connectivity index (χ2v) is 7.57. The summed E-state index contributed by atoms with van der Waals surface area (Å²) >= 11 is 0. The van der Waals surface area contributed by atoms with Gasteiger partial charge in [0, 0.05) is 14.1 Å². The first-order valence-corrected chi connectivity index (χ1v) is 9.25. The lowest BCUT2D eigenvalue weighted by atomic mass is 10.1. The highest BCUT2D eigenvalue weighted by atomic mass is 16.6. The molecule has 0 aliphatic carbocycles. The van der Waals surface area contributed by atoms with Gasteiger partial charge in [0.2, 0.25) is 0 Å². The van der Waals surface area contributed by atoms with E-state index in [1.807, 2.05) is 30.3 Å². The van der Waals surface area contributed by atoms with Crippen molar-refractivity contribution in [1.29, 1.82) is 0 Å². The van der Waals surface area contributed by atoms with Crippen LogP contribution in [0.4, 0.5) is 4.79 Å². The Morgan fingerprint density at radius 2 is 1.74 bits per heavy atom. The van der Waals surface area contributed by atoms with E-state index in [4.69, 9.17) is 15.2 Å². The molecule has 0 saturated carbocycles. The zero-order chi connectivity index (χ0) is 20.4. The molecule has 1 atom stereocenters. The molecule has 0 fully saturated rings. The van der Waals surface area contributed by atoms with Crippen LogP contribution in [0.25, 0.3) is 0 Å². The highest BCUT2D eigenvalue weighted by molar-refractivity contribution is 5.81. The van der Waals surface area contributed by atoms with E-state index >= 15 is 0 Å². The largest absolute Gasteiger partial charge is 0.458 e. The molecule has 0 aromatic heterocycles. The molecule has 1 rings (SSSR count). The van der Waals surface area contributed by atoms with Crippen molar-refractivity contribution in [3.8, 4) is 0 Å². The number of carbonyl (C=O) groups excluding carboxylic acids is 2. The molecular weight excluding hydrogens is 346 g/mol. The summed E-state index contributed by atoms with van der Waals surface area (Å²) in [5.41, 5.74) is 5.80. The average Bonchev–Trinajstić information content (AvgIpc) is 2.58. The number of unbranched alkanes of at least 4 members (excludes halogenated alkanes) is 1. The molecule has 27 heavy (non-hydrogen) atoms. The number of nitrogens with two attached hydrogens (primary N) is 1. The topological polar surface area (TPSA) is 85.1 Å². The Balaban J connectivity index is 2.91. The van der Waals surface area contributed by atoms with E-state index in [1.165, 1.54) is 5.01 Å². The molecule has 0 bridgehead atoms. The van der Waals surface area contributed by atoms with Gasteiger partial charge in [-0.3, -0.25) is 0 Å². The van der Waals surface area contributed by atoms with Crippen LogP contribution in [-0.4, -0.2) is 54.4 Å². The smallest absolute Gasteiger partial charge is 0.425 e. The fraction of sp³-hybridized carbons (Fsp3) is 0.600. The SMILES string of the molecule is CN(C)N(C(=O)OCc1ccccc1)[C@@H](CCCCN)C(=O)OC(C)(C)C. The minimum absolute atomic E-state index is 0.133. The third-order valence-electron chi connectivity index (χ3n) is 3.73. The van der Waals surface area contributed by atoms with Gasteiger partial charge in [-0.05, 0) is 52.1 Å². The van der Waals surface area contributed by atoms with Crippen molar-refractivity contribution < 1.29 is 19.1 Å². The molecule has 0 aliphatic rings. The summed E-state index contributed by atoms with van der Waals surface area (Å²) in [7, 11) is 3.40. The summed E-state index contributed by atoms with van der Waals surface area (Å²) in [6.07, 6.45) is 1.33. The van der Waals surface area contributed by atoms with Crippen molar-refractivity contribution in [3.63, 3.8) is 0 Å². The molecule has 0 heterocycles. The molecule has 1 aromatic carbocycles. The third kappa shape index (κ3) is 8.41. The summed E-state index contributed by atoms with van der Waals surface area (Å²) in [6.45, 7) is 6.07. The molecule has 0 unspecified atom stereocenters. The molecule has 7 heteroatoms. The monoisotopic (exact) mass is 379 g/mol. The lowest BCUT2D eigenvalue weighted by Gasteiger charge is -2.35. The van der Waals surface area contributed by atoms with Crippen molar-refractivity contribution in [2.75, 3.05) is 20.6 Å². The molecule has 0 aliphatic heterocycles. The summed E-state index contributed by atoms with van der Waals surface area (Å²) in [4.78, 5) is 25.5. The molecule has 0 spiro atoms. The Morgan fingerprint density at radius 3 is 2.26 bits per heavy atom. The number of nitrogens with zero attached hydrogens (tertiary/aromatic N) is 2. The molecule has 2 N–H and O–H groups in total. The molecule has 0 saturated heterocycles. The number of rotatable bonds is 9. The number of hydrogen-bond acceptors (Lipinski definition) is 6. The van der Waals surface area contributed by atoms with Crippen molar-refractivity contribution in [2.45, 2.75) is 58.3 Å². The van der Waals surface area contributed by atoms with Gasteiger partial charge in [0.15, 0.2) is 0 Å². The normalized spacial score (nSPS) is 12.6. The summed E-state index contributed by atoms with van der Waals surface area (Å²) < 4.78 is 11.0. The third-order valence-corrected chi connectivity index (χ3v) is 3.73. The van der Waals surface area contributed by atoms with Gasteiger partial charge >= 0.3 is 12.1 Å². The number of ether oxygens (including phenoxy) is 2. The second kappa shape index (κ2) is 10.9. The summed E-state index contributed by atoms with van der Waals surface area (Å²) in [6, 6.07) is 8.63. The number of amides is 1. The van der Waals surface area contributed by atoms with Gasteiger partial charge in [-0.15, -0.1) is 0 Å². The van der Waals surface area contributed by atoms with E-state index in [0.717, 1.165) is 12.0 Å². The van der Waals surface area contributed by atoms with Gasteiger partial charge in [0.1, 0.15) is 18.2 Å². The quantitative estimate of drug-likeness (QED) is 0.403. The summed E-state index contributed by atoms with van der Waals surface area (Å²) in [5, 5.41) is 2.87. The Morgan fingerprint density at radius 1 is 1.11 bits per heavy atom. The van der Waals surface area contributed by atoms with Crippen molar-refractivity contribution >= 4 is 12.1 Å². The Kier molecular flexibility index (Phi) is 9.25. The van der Waals surface area contributed by atoms with E-state index in [1.54, 1.807) is 39.9 Å². The van der Waals surface area contributed by atoms with Crippen LogP contribution in [0.5, 0.6) is 0 Å². The van der Waals surface area contributed by atoms with E-state index in [0.29, 0.717) is 19.4 Å². The van der Waals surface area contributed by atoms with Crippen molar-refractivity contribution in [2.24, 2.45) is 5.73 Å². The Labute approximate surface area is 162 Å². The van der Waals surface area contributed by atoms with E-state index in [2.05, 4.69) is 0 Å². The van der Waals surface area contributed by atoms with E-state index in [-0.39, 0.29) is 6.61 Å². The molecule has 152 valence electrons. The van der Waals surface area contributed by atoms with Gasteiger partial charge in [-0.25, -0.2) is 19.6 Å². The molecular formula is C20H33N3O4. The van der Waals surface area contributed by atoms with Crippen LogP contribution in [0, 0.1) is 0 Å². The lowest BCUT2D eigenvalue weighted by Crippen LogP contribution is -2.53. The zero-order valence-electron chi connectivity index (χ0n) is 17.1. The molecule has 1 amide bonds. The lowest BCUT2D eigenvalue weighted by molar-refractivity contribution is -0.167. The predicted molar refractivity (Wildman–Crippen MR) is 105 cm³/mol. The standard InChI is InChI=1S/C20H33N3O4/c1-20(2,3)27-18(24)17(13-9-10-14-21)23(22(4)5)19(25)26-15-16-11-7-6-8-12-16/h6-8,11-12,17H,9-10,13-15,21H2,1-5H3/t17-/m0/s1. The Hall–Kier alpha value is -2.12. The first-order valence-electron chi connectivity index (χ1n) is 9.25. The maximum Gasteiger partial charge on any atom is 0.425 e. The highest BCUT2D eigenvalue weighted by Gasteiger charge is 2.35. The second-order valence-electron chi connectivity index (χ2n) is 7.57. The molecule has 0 radical (unpaired) electrons. The van der Waals surface area contributed by atoms with Gasteiger partial charge in [-0.2, -0.15) is 0 Å². The first-order chi connectivity index (χ1) is 12.7. The van der Waals surface area contributed by atoms with Crippen LogP contribution in [0.3, 0.4) is 0 Å². The first kappa shape index (κ1) is 22.9.